The molecule has 1 unspecified atom stereocenters. The third kappa shape index (κ3) is 1.91. The molecule has 0 aromatic heterocycles. The zero-order chi connectivity index (χ0) is 8.97. The van der Waals surface area contributed by atoms with Crippen LogP contribution in [-0.2, 0) is 0 Å². The Kier molecular flexibility index (Phi) is 2.97. The van der Waals surface area contributed by atoms with E-state index in [1.54, 1.807) is 7.05 Å². The molecule has 1 aromatic carbocycles. The van der Waals surface area contributed by atoms with Gasteiger partial charge in [0.1, 0.15) is 0 Å². The average Bonchev–Trinajstić information content (AvgIpc) is 2.05. The molecular weight excluding hydrogens is 148 g/mol. The molecular formula is C10H14N2. The Morgan fingerprint density at radius 2 is 1.92 bits per heavy atom. The lowest BCUT2D eigenvalue weighted by Gasteiger charge is -2.07. The number of aryl methyl sites for hydroxylation is 1. The first-order valence-electron chi connectivity index (χ1n) is 4.10. The van der Waals surface area contributed by atoms with Gasteiger partial charge in [0, 0.05) is 7.05 Å². The van der Waals surface area contributed by atoms with Crippen molar-refractivity contribution in [1.29, 1.82) is 0 Å². The maximum Gasteiger partial charge on any atom is 0.0932 e. The lowest BCUT2D eigenvalue weighted by Crippen LogP contribution is -1.91. The van der Waals surface area contributed by atoms with Gasteiger partial charge in [-0.05, 0) is 25.0 Å². The van der Waals surface area contributed by atoms with Gasteiger partial charge in [0.15, 0.2) is 0 Å². The van der Waals surface area contributed by atoms with Crippen LogP contribution in [0.2, 0.25) is 0 Å². The van der Waals surface area contributed by atoms with Crippen molar-refractivity contribution in [3.05, 3.63) is 35.4 Å². The molecule has 0 saturated heterocycles. The predicted molar refractivity (Wildman–Crippen MR) is 50.4 cm³/mol. The first-order chi connectivity index (χ1) is 5.75. The van der Waals surface area contributed by atoms with Crippen LogP contribution in [-0.4, -0.2) is 7.05 Å². The molecule has 2 nitrogen and oxygen atoms in total. The van der Waals surface area contributed by atoms with Crippen LogP contribution >= 0.6 is 0 Å². The van der Waals surface area contributed by atoms with Crippen LogP contribution in [0.5, 0.6) is 0 Å². The Morgan fingerprint density at radius 3 is 2.50 bits per heavy atom. The Hall–Kier alpha value is -1.18. The van der Waals surface area contributed by atoms with Gasteiger partial charge < -0.3 is 0 Å². The average molecular weight is 162 g/mol. The molecule has 0 heterocycles. The van der Waals surface area contributed by atoms with Gasteiger partial charge in [0.05, 0.1) is 6.04 Å². The van der Waals surface area contributed by atoms with E-state index in [4.69, 9.17) is 0 Å². The van der Waals surface area contributed by atoms with Crippen LogP contribution in [0.15, 0.2) is 34.5 Å². The molecule has 1 atom stereocenters. The van der Waals surface area contributed by atoms with E-state index in [9.17, 15) is 0 Å². The molecule has 0 radical (unpaired) electrons. The molecule has 0 aliphatic heterocycles. The summed E-state index contributed by atoms with van der Waals surface area (Å²) < 4.78 is 0. The van der Waals surface area contributed by atoms with Crippen molar-refractivity contribution in [3.63, 3.8) is 0 Å². The largest absolute Gasteiger partial charge is 0.197 e. The number of azo groups is 1. The summed E-state index contributed by atoms with van der Waals surface area (Å²) in [6.45, 7) is 4.15. The van der Waals surface area contributed by atoms with E-state index in [0.29, 0.717) is 0 Å². The third-order valence-corrected chi connectivity index (χ3v) is 1.93. The second kappa shape index (κ2) is 4.00. The lowest BCUT2D eigenvalue weighted by atomic mass is 10.0. The fraction of sp³-hybridized carbons (Fsp3) is 0.400. The predicted octanol–water partition coefficient (Wildman–Crippen LogP) is 3.14. The summed E-state index contributed by atoms with van der Waals surface area (Å²) in [5, 5.41) is 7.86. The van der Waals surface area contributed by atoms with Gasteiger partial charge in [0.2, 0.25) is 0 Å². The number of hydrogen-bond donors (Lipinski definition) is 0. The highest BCUT2D eigenvalue weighted by Gasteiger charge is 2.04. The lowest BCUT2D eigenvalue weighted by molar-refractivity contribution is 0.747. The minimum absolute atomic E-state index is 0.177. The van der Waals surface area contributed by atoms with E-state index in [0.717, 1.165) is 0 Å². The molecule has 0 bridgehead atoms. The fourth-order valence-electron chi connectivity index (χ4n) is 1.29. The smallest absolute Gasteiger partial charge is 0.0932 e. The zero-order valence-electron chi connectivity index (χ0n) is 7.78. The van der Waals surface area contributed by atoms with Crippen molar-refractivity contribution in [2.75, 3.05) is 7.05 Å². The van der Waals surface area contributed by atoms with Crippen molar-refractivity contribution in [2.45, 2.75) is 19.9 Å². The highest BCUT2D eigenvalue weighted by Crippen LogP contribution is 2.19. The summed E-state index contributed by atoms with van der Waals surface area (Å²) in [7, 11) is 1.70. The first kappa shape index (κ1) is 8.91. The molecule has 0 N–H and O–H groups in total. The maximum atomic E-state index is 4.08. The third-order valence-electron chi connectivity index (χ3n) is 1.93. The molecule has 0 amide bonds. The van der Waals surface area contributed by atoms with Crippen LogP contribution in [0, 0.1) is 6.92 Å². The van der Waals surface area contributed by atoms with Crippen LogP contribution in [0.3, 0.4) is 0 Å². The minimum Gasteiger partial charge on any atom is -0.197 e. The van der Waals surface area contributed by atoms with E-state index in [1.165, 1.54) is 11.1 Å². The molecule has 1 rings (SSSR count). The number of rotatable bonds is 2. The highest BCUT2D eigenvalue weighted by molar-refractivity contribution is 5.28. The quantitative estimate of drug-likeness (QED) is 0.597. The molecule has 1 aromatic rings. The summed E-state index contributed by atoms with van der Waals surface area (Å²) in [5.41, 5.74) is 2.53. The maximum absolute atomic E-state index is 4.08. The Morgan fingerprint density at radius 1 is 1.25 bits per heavy atom. The van der Waals surface area contributed by atoms with Gasteiger partial charge in [-0.15, -0.1) is 0 Å². The van der Waals surface area contributed by atoms with Gasteiger partial charge in [-0.3, -0.25) is 0 Å². The topological polar surface area (TPSA) is 24.7 Å². The Balaban J connectivity index is 2.94. The van der Waals surface area contributed by atoms with Gasteiger partial charge in [-0.2, -0.15) is 10.2 Å². The Bertz CT molecular complexity index is 279. The zero-order valence-corrected chi connectivity index (χ0v) is 7.78. The van der Waals surface area contributed by atoms with E-state index in [1.807, 2.05) is 12.1 Å². The summed E-state index contributed by atoms with van der Waals surface area (Å²) in [4.78, 5) is 0. The standard InChI is InChI=1S/C10H14N2/c1-8-6-4-5-7-10(8)9(2)12-11-3/h4-7,9H,1-3H3. The summed E-state index contributed by atoms with van der Waals surface area (Å²) in [6.07, 6.45) is 0. The molecule has 0 aliphatic rings. The van der Waals surface area contributed by atoms with Crippen molar-refractivity contribution in [2.24, 2.45) is 10.2 Å². The monoisotopic (exact) mass is 162 g/mol. The number of nitrogens with zero attached hydrogens (tertiary/aromatic N) is 2. The second-order valence-electron chi connectivity index (χ2n) is 2.85. The highest BCUT2D eigenvalue weighted by atomic mass is 15.1. The summed E-state index contributed by atoms with van der Waals surface area (Å²) in [5.74, 6) is 0. The SMILES string of the molecule is CN=NC(C)c1ccccc1C. The van der Waals surface area contributed by atoms with Crippen LogP contribution in [0.4, 0.5) is 0 Å². The van der Waals surface area contributed by atoms with Crippen molar-refractivity contribution in [1.82, 2.24) is 0 Å². The first-order valence-corrected chi connectivity index (χ1v) is 4.10. The van der Waals surface area contributed by atoms with Crippen molar-refractivity contribution < 1.29 is 0 Å². The second-order valence-corrected chi connectivity index (χ2v) is 2.85. The molecule has 64 valence electrons. The van der Waals surface area contributed by atoms with Gasteiger partial charge >= 0.3 is 0 Å². The van der Waals surface area contributed by atoms with Crippen LogP contribution in [0.1, 0.15) is 24.1 Å². The van der Waals surface area contributed by atoms with Crippen molar-refractivity contribution in [3.8, 4) is 0 Å². The molecule has 0 fully saturated rings. The summed E-state index contributed by atoms with van der Waals surface area (Å²) >= 11 is 0. The minimum atomic E-state index is 0.177. The number of hydrogen-bond acceptors (Lipinski definition) is 2. The number of benzene rings is 1. The van der Waals surface area contributed by atoms with Crippen LogP contribution in [0.25, 0.3) is 0 Å². The van der Waals surface area contributed by atoms with Gasteiger partial charge in [0.25, 0.3) is 0 Å². The molecule has 0 spiro atoms. The molecule has 12 heavy (non-hydrogen) atoms. The molecule has 0 aliphatic carbocycles. The van der Waals surface area contributed by atoms with E-state index >= 15 is 0 Å². The van der Waals surface area contributed by atoms with Crippen molar-refractivity contribution >= 4 is 0 Å². The van der Waals surface area contributed by atoms with Gasteiger partial charge in [-0.25, -0.2) is 0 Å². The summed E-state index contributed by atoms with van der Waals surface area (Å²) in [6, 6.07) is 8.43. The van der Waals surface area contributed by atoms with E-state index in [2.05, 4.69) is 36.2 Å². The molecule has 2 heteroatoms. The van der Waals surface area contributed by atoms with Crippen LogP contribution < -0.4 is 0 Å². The van der Waals surface area contributed by atoms with E-state index < -0.39 is 0 Å². The normalized spacial score (nSPS) is 13.6. The molecule has 0 saturated carbocycles. The van der Waals surface area contributed by atoms with E-state index in [-0.39, 0.29) is 6.04 Å². The van der Waals surface area contributed by atoms with Gasteiger partial charge in [-0.1, -0.05) is 24.3 Å². The fourth-order valence-corrected chi connectivity index (χ4v) is 1.29. The Labute approximate surface area is 73.3 Å².